The van der Waals surface area contributed by atoms with Crippen LogP contribution in [0.1, 0.15) is 26.2 Å². The summed E-state index contributed by atoms with van der Waals surface area (Å²) in [5, 5.41) is 12.2. The number of rotatable bonds is 2. The summed E-state index contributed by atoms with van der Waals surface area (Å²) >= 11 is 6.72. The molecule has 1 aliphatic heterocycles. The van der Waals surface area contributed by atoms with Crippen LogP contribution in [0.3, 0.4) is 0 Å². The molecule has 0 bridgehead atoms. The van der Waals surface area contributed by atoms with E-state index in [-0.39, 0.29) is 6.03 Å². The first-order valence-corrected chi connectivity index (χ1v) is 8.20. The van der Waals surface area contributed by atoms with Gasteiger partial charge in [-0.25, -0.2) is 9.59 Å². The first kappa shape index (κ1) is 16.3. The van der Waals surface area contributed by atoms with Crippen molar-refractivity contribution in [2.45, 2.75) is 31.7 Å². The molecule has 0 aliphatic carbocycles. The topological polar surface area (TPSA) is 69.6 Å². The molecule has 7 heteroatoms. The molecular weight excluding hydrogens is 404 g/mol. The highest BCUT2D eigenvalue weighted by atomic mass is 79.9. The molecule has 2 N–H and O–H groups in total. The number of carboxylic acid groups (broad SMARTS) is 1. The van der Waals surface area contributed by atoms with Gasteiger partial charge in [-0.05, 0) is 60.3 Å². The molecule has 0 spiro atoms. The second kappa shape index (κ2) is 6.36. The second-order valence-corrected chi connectivity index (χ2v) is 7.01. The predicted molar refractivity (Wildman–Crippen MR) is 87.5 cm³/mol. The van der Waals surface area contributed by atoms with Gasteiger partial charge in [0.1, 0.15) is 5.54 Å². The quantitative estimate of drug-likeness (QED) is 0.758. The van der Waals surface area contributed by atoms with Crippen LogP contribution in [0.5, 0.6) is 0 Å². The number of benzene rings is 1. The molecule has 2 amide bonds. The number of carbonyl (C=O) groups is 2. The van der Waals surface area contributed by atoms with Crippen LogP contribution in [-0.4, -0.2) is 34.1 Å². The normalized spacial score (nSPS) is 22.0. The number of halogens is 2. The molecule has 1 aromatic carbocycles. The van der Waals surface area contributed by atoms with E-state index in [1.54, 1.807) is 13.0 Å². The fourth-order valence-electron chi connectivity index (χ4n) is 2.44. The minimum absolute atomic E-state index is 0.386. The first-order chi connectivity index (χ1) is 9.84. The van der Waals surface area contributed by atoms with Crippen LogP contribution in [0.25, 0.3) is 0 Å². The van der Waals surface area contributed by atoms with Crippen molar-refractivity contribution in [3.8, 4) is 0 Å². The van der Waals surface area contributed by atoms with Crippen LogP contribution in [0.15, 0.2) is 27.1 Å². The number of piperidine rings is 1. The Labute approximate surface area is 140 Å². The van der Waals surface area contributed by atoms with E-state index in [2.05, 4.69) is 37.2 Å². The summed E-state index contributed by atoms with van der Waals surface area (Å²) in [6, 6.07) is 5.01. The smallest absolute Gasteiger partial charge is 0.329 e. The molecular formula is C14H16Br2N2O3. The lowest BCUT2D eigenvalue weighted by molar-refractivity contribution is -0.150. The van der Waals surface area contributed by atoms with Gasteiger partial charge < -0.3 is 15.3 Å². The molecule has 21 heavy (non-hydrogen) atoms. The lowest BCUT2D eigenvalue weighted by Crippen LogP contribution is -2.58. The summed E-state index contributed by atoms with van der Waals surface area (Å²) in [6.07, 6.45) is 2.10. The molecule has 0 radical (unpaired) electrons. The van der Waals surface area contributed by atoms with Crippen LogP contribution in [0.2, 0.25) is 0 Å². The fourth-order valence-corrected chi connectivity index (χ4v) is 3.59. The third-order valence-electron chi connectivity index (χ3n) is 3.77. The molecule has 1 fully saturated rings. The predicted octanol–water partition coefficient (Wildman–Crippen LogP) is 4.07. The number of nitrogens with one attached hydrogen (secondary N) is 1. The van der Waals surface area contributed by atoms with Crippen molar-refractivity contribution < 1.29 is 14.7 Å². The van der Waals surface area contributed by atoms with E-state index in [4.69, 9.17) is 0 Å². The molecule has 1 aliphatic rings. The zero-order valence-corrected chi connectivity index (χ0v) is 14.7. The summed E-state index contributed by atoms with van der Waals surface area (Å²) in [4.78, 5) is 25.4. The van der Waals surface area contributed by atoms with Crippen molar-refractivity contribution in [3.63, 3.8) is 0 Å². The Bertz CT molecular complexity index is 579. The largest absolute Gasteiger partial charge is 0.480 e. The van der Waals surface area contributed by atoms with Crippen molar-refractivity contribution in [2.24, 2.45) is 0 Å². The fraction of sp³-hybridized carbons (Fsp3) is 0.429. The standard InChI is InChI=1S/C14H16Br2N2O3/c1-14(12(19)20)6-2-3-7-18(14)13(21)17-11-5-4-9(15)8-10(11)16/h4-5,8H,2-3,6-7H2,1H3,(H,17,21)(H,19,20). The van der Waals surface area contributed by atoms with E-state index in [1.165, 1.54) is 4.90 Å². The Hall–Kier alpha value is -1.08. The van der Waals surface area contributed by atoms with Gasteiger partial charge in [0, 0.05) is 15.5 Å². The number of hydrogen-bond donors (Lipinski definition) is 2. The van der Waals surface area contributed by atoms with Gasteiger partial charge in [-0.3, -0.25) is 0 Å². The summed E-state index contributed by atoms with van der Waals surface area (Å²) in [7, 11) is 0. The lowest BCUT2D eigenvalue weighted by Gasteiger charge is -2.41. The zero-order valence-electron chi connectivity index (χ0n) is 11.5. The lowest BCUT2D eigenvalue weighted by atomic mass is 9.89. The summed E-state index contributed by atoms with van der Waals surface area (Å²) in [5.41, 5.74) is -0.536. The molecule has 2 rings (SSSR count). The van der Waals surface area contributed by atoms with Crippen molar-refractivity contribution in [3.05, 3.63) is 27.1 Å². The van der Waals surface area contributed by atoms with E-state index < -0.39 is 11.5 Å². The summed E-state index contributed by atoms with van der Waals surface area (Å²) in [5.74, 6) is -0.966. The van der Waals surface area contributed by atoms with E-state index in [0.717, 1.165) is 21.8 Å². The van der Waals surface area contributed by atoms with Gasteiger partial charge in [0.15, 0.2) is 0 Å². The van der Waals surface area contributed by atoms with E-state index in [0.29, 0.717) is 18.7 Å². The molecule has 1 unspecified atom stereocenters. The average molecular weight is 420 g/mol. The molecule has 1 heterocycles. The maximum Gasteiger partial charge on any atom is 0.329 e. The number of hydrogen-bond acceptors (Lipinski definition) is 2. The van der Waals surface area contributed by atoms with Crippen LogP contribution in [0, 0.1) is 0 Å². The van der Waals surface area contributed by atoms with E-state index in [9.17, 15) is 14.7 Å². The molecule has 0 aromatic heterocycles. The zero-order chi connectivity index (χ0) is 15.6. The van der Waals surface area contributed by atoms with Crippen molar-refractivity contribution in [2.75, 3.05) is 11.9 Å². The monoisotopic (exact) mass is 418 g/mol. The van der Waals surface area contributed by atoms with E-state index in [1.807, 2.05) is 12.1 Å². The highest BCUT2D eigenvalue weighted by molar-refractivity contribution is 9.11. The molecule has 5 nitrogen and oxygen atoms in total. The maximum absolute atomic E-state index is 12.4. The van der Waals surface area contributed by atoms with Gasteiger partial charge in [0.05, 0.1) is 5.69 Å². The van der Waals surface area contributed by atoms with Gasteiger partial charge in [0.2, 0.25) is 0 Å². The summed E-state index contributed by atoms with van der Waals surface area (Å²) < 4.78 is 1.62. The van der Waals surface area contributed by atoms with Crippen LogP contribution in [0.4, 0.5) is 10.5 Å². The molecule has 1 aromatic rings. The van der Waals surface area contributed by atoms with Crippen LogP contribution in [-0.2, 0) is 4.79 Å². The van der Waals surface area contributed by atoms with E-state index >= 15 is 0 Å². The molecule has 1 atom stereocenters. The number of amides is 2. The van der Waals surface area contributed by atoms with Crippen molar-refractivity contribution >= 4 is 49.5 Å². The minimum Gasteiger partial charge on any atom is -0.480 e. The number of anilines is 1. The van der Waals surface area contributed by atoms with Gasteiger partial charge in [0.25, 0.3) is 0 Å². The second-order valence-electron chi connectivity index (χ2n) is 5.24. The van der Waals surface area contributed by atoms with Gasteiger partial charge >= 0.3 is 12.0 Å². The van der Waals surface area contributed by atoms with Crippen LogP contribution < -0.4 is 5.32 Å². The third kappa shape index (κ3) is 3.40. The number of aliphatic carboxylic acids is 1. The Kier molecular flexibility index (Phi) is 4.93. The highest BCUT2D eigenvalue weighted by Crippen LogP contribution is 2.31. The summed E-state index contributed by atoms with van der Waals surface area (Å²) in [6.45, 7) is 2.05. The first-order valence-electron chi connectivity index (χ1n) is 6.61. The van der Waals surface area contributed by atoms with Crippen LogP contribution >= 0.6 is 31.9 Å². The van der Waals surface area contributed by atoms with Gasteiger partial charge in [-0.2, -0.15) is 0 Å². The highest BCUT2D eigenvalue weighted by Gasteiger charge is 2.44. The third-order valence-corrected chi connectivity index (χ3v) is 4.92. The number of likely N-dealkylation sites (tertiary alicyclic amines) is 1. The molecule has 114 valence electrons. The Balaban J connectivity index is 2.20. The van der Waals surface area contributed by atoms with Crippen molar-refractivity contribution in [1.82, 2.24) is 4.90 Å². The number of urea groups is 1. The Morgan fingerprint density at radius 3 is 2.67 bits per heavy atom. The molecule has 0 saturated carbocycles. The number of carbonyl (C=O) groups excluding carboxylic acids is 1. The van der Waals surface area contributed by atoms with Crippen molar-refractivity contribution in [1.29, 1.82) is 0 Å². The van der Waals surface area contributed by atoms with Gasteiger partial charge in [-0.1, -0.05) is 15.9 Å². The SMILES string of the molecule is CC1(C(=O)O)CCCCN1C(=O)Nc1ccc(Br)cc1Br. The van der Waals surface area contributed by atoms with Gasteiger partial charge in [-0.15, -0.1) is 0 Å². The Morgan fingerprint density at radius 2 is 2.05 bits per heavy atom. The Morgan fingerprint density at radius 1 is 1.33 bits per heavy atom. The number of nitrogens with zero attached hydrogens (tertiary/aromatic N) is 1. The average Bonchev–Trinajstić information content (AvgIpc) is 2.42. The maximum atomic E-state index is 12.4. The number of carboxylic acids is 1. The molecule has 1 saturated heterocycles. The minimum atomic E-state index is -1.15.